The third kappa shape index (κ3) is 3.80. The van der Waals surface area contributed by atoms with Crippen molar-refractivity contribution in [3.05, 3.63) is 36.2 Å². The summed E-state index contributed by atoms with van der Waals surface area (Å²) in [6.07, 6.45) is 1.73. The van der Waals surface area contributed by atoms with Gasteiger partial charge in [0.15, 0.2) is 0 Å². The summed E-state index contributed by atoms with van der Waals surface area (Å²) in [5.74, 6) is 1.59. The van der Waals surface area contributed by atoms with E-state index in [1.807, 2.05) is 35.2 Å². The third-order valence-corrected chi connectivity index (χ3v) is 5.25. The summed E-state index contributed by atoms with van der Waals surface area (Å²) in [4.78, 5) is 14.7. The van der Waals surface area contributed by atoms with Crippen LogP contribution in [0.15, 0.2) is 34.7 Å². The maximum absolute atomic E-state index is 12.8. The molecule has 26 heavy (non-hydrogen) atoms. The van der Waals surface area contributed by atoms with Gasteiger partial charge in [-0.1, -0.05) is 32.0 Å². The van der Waals surface area contributed by atoms with Crippen LogP contribution in [0.1, 0.15) is 38.5 Å². The highest BCUT2D eigenvalue weighted by Crippen LogP contribution is 2.34. The van der Waals surface area contributed by atoms with Crippen molar-refractivity contribution >= 4 is 5.91 Å². The number of carbonyl (C=O) groups is 1. The van der Waals surface area contributed by atoms with Crippen LogP contribution < -0.4 is 0 Å². The normalized spacial score (nSPS) is 20.1. The Morgan fingerprint density at radius 3 is 2.62 bits per heavy atom. The smallest absolute Gasteiger partial charge is 0.247 e. The van der Waals surface area contributed by atoms with Gasteiger partial charge >= 0.3 is 0 Å². The Balaban J connectivity index is 1.79. The molecule has 140 valence electrons. The van der Waals surface area contributed by atoms with Crippen LogP contribution in [-0.4, -0.2) is 47.8 Å². The first-order valence-corrected chi connectivity index (χ1v) is 9.34. The first kappa shape index (κ1) is 18.6. The lowest BCUT2D eigenvalue weighted by Gasteiger charge is -2.21. The summed E-state index contributed by atoms with van der Waals surface area (Å²) in [5, 5.41) is 8.48. The van der Waals surface area contributed by atoms with Crippen molar-refractivity contribution < 1.29 is 13.9 Å². The highest BCUT2D eigenvalue weighted by Gasteiger charge is 2.40. The number of ether oxygens (including phenoxy) is 1. The third-order valence-electron chi connectivity index (χ3n) is 5.25. The van der Waals surface area contributed by atoms with E-state index >= 15 is 0 Å². The molecule has 1 aromatic heterocycles. The van der Waals surface area contributed by atoms with Gasteiger partial charge in [0.1, 0.15) is 0 Å². The van der Waals surface area contributed by atoms with Crippen LogP contribution in [-0.2, 0) is 9.53 Å². The molecule has 2 aromatic rings. The minimum absolute atomic E-state index is 0.0122. The van der Waals surface area contributed by atoms with E-state index in [9.17, 15) is 4.79 Å². The van der Waals surface area contributed by atoms with Crippen LogP contribution in [0.2, 0.25) is 0 Å². The Hall–Kier alpha value is -2.21. The summed E-state index contributed by atoms with van der Waals surface area (Å²) in [6.45, 7) is 5.99. The number of benzene rings is 1. The molecule has 1 fully saturated rings. The standard InChI is InChI=1S/C20H27N3O3/c1-4-14(5-2)20(24)23-11-16(13-25-3)17(12-23)19-22-21-18(26-19)15-9-7-6-8-10-15/h6-10,14,16-17H,4-5,11-13H2,1-3H3. The summed E-state index contributed by atoms with van der Waals surface area (Å²) in [7, 11) is 1.69. The molecule has 2 heterocycles. The zero-order chi connectivity index (χ0) is 18.5. The number of hydrogen-bond acceptors (Lipinski definition) is 5. The van der Waals surface area contributed by atoms with Gasteiger partial charge < -0.3 is 14.1 Å². The van der Waals surface area contributed by atoms with Gasteiger partial charge in [0.25, 0.3) is 0 Å². The average molecular weight is 357 g/mol. The molecule has 0 aliphatic carbocycles. The lowest BCUT2D eigenvalue weighted by atomic mass is 9.97. The van der Waals surface area contributed by atoms with Crippen molar-refractivity contribution in [2.75, 3.05) is 26.8 Å². The Morgan fingerprint density at radius 2 is 1.96 bits per heavy atom. The van der Waals surface area contributed by atoms with Crippen molar-refractivity contribution in [2.45, 2.75) is 32.6 Å². The fourth-order valence-electron chi connectivity index (χ4n) is 3.69. The van der Waals surface area contributed by atoms with Crippen LogP contribution in [0, 0.1) is 11.8 Å². The number of methoxy groups -OCH3 is 1. The van der Waals surface area contributed by atoms with Gasteiger partial charge in [0.05, 0.1) is 12.5 Å². The van der Waals surface area contributed by atoms with E-state index in [-0.39, 0.29) is 23.7 Å². The van der Waals surface area contributed by atoms with Gasteiger partial charge in [-0.15, -0.1) is 10.2 Å². The van der Waals surface area contributed by atoms with E-state index in [4.69, 9.17) is 9.15 Å². The van der Waals surface area contributed by atoms with E-state index in [0.29, 0.717) is 31.5 Å². The minimum Gasteiger partial charge on any atom is -0.420 e. The van der Waals surface area contributed by atoms with Gasteiger partial charge in [0.2, 0.25) is 17.7 Å². The summed E-state index contributed by atoms with van der Waals surface area (Å²) in [6, 6.07) is 9.73. The van der Waals surface area contributed by atoms with Crippen molar-refractivity contribution in [2.24, 2.45) is 11.8 Å². The minimum atomic E-state index is 0.0122. The van der Waals surface area contributed by atoms with Crippen LogP contribution in [0.5, 0.6) is 0 Å². The van der Waals surface area contributed by atoms with Crippen molar-refractivity contribution in [3.8, 4) is 11.5 Å². The Labute approximate surface area is 154 Å². The van der Waals surface area contributed by atoms with Crippen molar-refractivity contribution in [1.82, 2.24) is 15.1 Å². The molecule has 1 aliphatic rings. The van der Waals surface area contributed by atoms with Gasteiger partial charge in [-0.3, -0.25) is 4.79 Å². The number of carbonyl (C=O) groups excluding carboxylic acids is 1. The number of nitrogens with zero attached hydrogens (tertiary/aromatic N) is 3. The van der Waals surface area contributed by atoms with Crippen LogP contribution >= 0.6 is 0 Å². The van der Waals surface area contributed by atoms with E-state index in [1.54, 1.807) is 7.11 Å². The molecule has 1 aliphatic heterocycles. The van der Waals surface area contributed by atoms with Crippen LogP contribution in [0.25, 0.3) is 11.5 Å². The molecule has 1 aromatic carbocycles. The second-order valence-corrected chi connectivity index (χ2v) is 6.89. The van der Waals surface area contributed by atoms with Gasteiger partial charge in [-0.2, -0.15) is 0 Å². The number of likely N-dealkylation sites (tertiary alicyclic amines) is 1. The fraction of sp³-hybridized carbons (Fsp3) is 0.550. The maximum Gasteiger partial charge on any atom is 0.247 e. The van der Waals surface area contributed by atoms with E-state index in [1.165, 1.54) is 0 Å². The first-order chi connectivity index (χ1) is 12.7. The Bertz CT molecular complexity index is 712. The molecule has 0 saturated carbocycles. The van der Waals surface area contributed by atoms with Gasteiger partial charge in [-0.05, 0) is 25.0 Å². The van der Waals surface area contributed by atoms with E-state index in [2.05, 4.69) is 24.0 Å². The molecule has 0 bridgehead atoms. The van der Waals surface area contributed by atoms with Crippen LogP contribution in [0.3, 0.4) is 0 Å². The summed E-state index contributed by atoms with van der Waals surface area (Å²) in [5.41, 5.74) is 0.900. The zero-order valence-corrected chi connectivity index (χ0v) is 15.7. The number of hydrogen-bond donors (Lipinski definition) is 0. The van der Waals surface area contributed by atoms with E-state index < -0.39 is 0 Å². The zero-order valence-electron chi connectivity index (χ0n) is 15.7. The van der Waals surface area contributed by atoms with Crippen molar-refractivity contribution in [1.29, 1.82) is 0 Å². The quantitative estimate of drug-likeness (QED) is 0.760. The molecule has 2 unspecified atom stereocenters. The molecule has 0 N–H and O–H groups in total. The molecular formula is C20H27N3O3. The molecular weight excluding hydrogens is 330 g/mol. The fourth-order valence-corrected chi connectivity index (χ4v) is 3.69. The molecule has 3 rings (SSSR count). The lowest BCUT2D eigenvalue weighted by molar-refractivity contribution is -0.134. The van der Waals surface area contributed by atoms with Crippen LogP contribution in [0.4, 0.5) is 0 Å². The number of rotatable bonds is 7. The predicted molar refractivity (Wildman–Crippen MR) is 98.5 cm³/mol. The molecule has 0 spiro atoms. The molecule has 2 atom stereocenters. The molecule has 1 amide bonds. The summed E-state index contributed by atoms with van der Waals surface area (Å²) >= 11 is 0. The number of aromatic nitrogens is 2. The van der Waals surface area contributed by atoms with Gasteiger partial charge in [0, 0.05) is 37.6 Å². The first-order valence-electron chi connectivity index (χ1n) is 9.34. The topological polar surface area (TPSA) is 68.5 Å². The summed E-state index contributed by atoms with van der Waals surface area (Å²) < 4.78 is 11.3. The van der Waals surface area contributed by atoms with Gasteiger partial charge in [-0.25, -0.2) is 0 Å². The SMILES string of the molecule is CCC(CC)C(=O)N1CC(COC)C(c2nnc(-c3ccccc3)o2)C1. The second kappa shape index (κ2) is 8.45. The van der Waals surface area contributed by atoms with Crippen molar-refractivity contribution in [3.63, 3.8) is 0 Å². The maximum atomic E-state index is 12.8. The molecule has 6 nitrogen and oxygen atoms in total. The monoisotopic (exact) mass is 357 g/mol. The molecule has 1 saturated heterocycles. The highest BCUT2D eigenvalue weighted by molar-refractivity contribution is 5.79. The second-order valence-electron chi connectivity index (χ2n) is 6.89. The largest absolute Gasteiger partial charge is 0.420 e. The predicted octanol–water partition coefficient (Wildman–Crippen LogP) is 3.36. The lowest BCUT2D eigenvalue weighted by Crippen LogP contribution is -2.34. The Morgan fingerprint density at radius 1 is 1.23 bits per heavy atom. The number of amides is 1. The molecule has 0 radical (unpaired) electrons. The molecule has 6 heteroatoms. The average Bonchev–Trinajstić information content (AvgIpc) is 3.31. The highest BCUT2D eigenvalue weighted by atomic mass is 16.5. The van der Waals surface area contributed by atoms with E-state index in [0.717, 1.165) is 18.4 Å². The Kier molecular flexibility index (Phi) is 6.04.